The Morgan fingerprint density at radius 1 is 1.12 bits per heavy atom. The maximum Gasteiger partial charge on any atom is 0.339 e. The Balaban J connectivity index is 1.40. The highest BCUT2D eigenvalue weighted by molar-refractivity contribution is 5.98. The fourth-order valence-electron chi connectivity index (χ4n) is 3.68. The van der Waals surface area contributed by atoms with Crippen LogP contribution in [0, 0.1) is 17.0 Å². The van der Waals surface area contributed by atoms with Crippen molar-refractivity contribution in [2.45, 2.75) is 19.4 Å². The quantitative estimate of drug-likeness (QED) is 0.333. The number of carbonyl (C=O) groups excluding carboxylic acids is 3. The summed E-state index contributed by atoms with van der Waals surface area (Å²) in [5.74, 6) is -1.77. The van der Waals surface area contributed by atoms with Crippen LogP contribution in [0.25, 0.3) is 0 Å². The first-order valence-electron chi connectivity index (χ1n) is 10.4. The molecule has 1 N–H and O–H groups in total. The van der Waals surface area contributed by atoms with Crippen molar-refractivity contribution in [1.29, 1.82) is 0 Å². The van der Waals surface area contributed by atoms with Crippen LogP contribution < -0.4 is 5.32 Å². The van der Waals surface area contributed by atoms with Crippen molar-refractivity contribution in [1.82, 2.24) is 0 Å². The van der Waals surface area contributed by atoms with E-state index < -0.39 is 35.5 Å². The maximum absolute atomic E-state index is 12.5. The monoisotopic (exact) mass is 460 g/mol. The third-order valence-electron chi connectivity index (χ3n) is 5.42. The second kappa shape index (κ2) is 9.53. The summed E-state index contributed by atoms with van der Waals surface area (Å²) in [5, 5.41) is 13.4. The first kappa shape index (κ1) is 22.7. The highest BCUT2D eigenvalue weighted by atomic mass is 16.6. The molecule has 1 heterocycles. The fraction of sp³-hybridized carbons (Fsp3) is 0.160. The van der Waals surface area contributed by atoms with Gasteiger partial charge in [-0.05, 0) is 47.9 Å². The molecule has 1 amide bonds. The minimum Gasteiger partial charge on any atom is -0.454 e. The number of esters is 2. The van der Waals surface area contributed by atoms with Gasteiger partial charge in [0.2, 0.25) is 0 Å². The summed E-state index contributed by atoms with van der Waals surface area (Å²) >= 11 is 0. The lowest BCUT2D eigenvalue weighted by atomic mass is 9.93. The van der Waals surface area contributed by atoms with Gasteiger partial charge in [-0.15, -0.1) is 0 Å². The number of nitro groups is 1. The Bertz CT molecular complexity index is 1290. The topological polar surface area (TPSA) is 125 Å². The predicted molar refractivity (Wildman–Crippen MR) is 121 cm³/mol. The van der Waals surface area contributed by atoms with Crippen LogP contribution in [0.4, 0.5) is 11.4 Å². The lowest BCUT2D eigenvalue weighted by molar-refractivity contribution is -0.384. The molecule has 9 nitrogen and oxygen atoms in total. The maximum atomic E-state index is 12.5. The molecular weight excluding hydrogens is 440 g/mol. The van der Waals surface area contributed by atoms with E-state index in [9.17, 15) is 24.5 Å². The van der Waals surface area contributed by atoms with E-state index in [-0.39, 0.29) is 11.3 Å². The molecule has 0 saturated heterocycles. The largest absolute Gasteiger partial charge is 0.454 e. The van der Waals surface area contributed by atoms with Gasteiger partial charge < -0.3 is 14.8 Å². The number of nitro benzene ring substituents is 1. The molecule has 0 unspecified atom stereocenters. The van der Waals surface area contributed by atoms with Crippen molar-refractivity contribution in [2.75, 3.05) is 11.9 Å². The molecule has 3 aromatic carbocycles. The Morgan fingerprint density at radius 2 is 1.88 bits per heavy atom. The number of hydrogen-bond acceptors (Lipinski definition) is 7. The molecule has 1 aliphatic heterocycles. The van der Waals surface area contributed by atoms with Gasteiger partial charge in [-0.2, -0.15) is 0 Å². The van der Waals surface area contributed by atoms with E-state index >= 15 is 0 Å². The van der Waals surface area contributed by atoms with Gasteiger partial charge in [0.25, 0.3) is 11.6 Å². The number of ether oxygens (including phenoxy) is 2. The van der Waals surface area contributed by atoms with Crippen LogP contribution in [-0.2, 0) is 20.7 Å². The van der Waals surface area contributed by atoms with Crippen molar-refractivity contribution in [2.24, 2.45) is 0 Å². The molecule has 1 atom stereocenters. The van der Waals surface area contributed by atoms with Crippen molar-refractivity contribution in [3.05, 3.63) is 105 Å². The van der Waals surface area contributed by atoms with Gasteiger partial charge in [0.15, 0.2) is 6.61 Å². The molecule has 34 heavy (non-hydrogen) atoms. The standard InChI is InChI=1S/C25H20N2O7/c1-15-11-19(27(31)32)8-10-21(15)26-23(28)14-33-24(29)17-7-9-20-18(12-17)13-22(34-25(20)30)16-5-3-2-4-6-16/h2-12,22H,13-14H2,1H3,(H,26,28)/t22-/m0/s1. The SMILES string of the molecule is Cc1cc([N+](=O)[O-])ccc1NC(=O)COC(=O)c1ccc2c(c1)C[C@@H](c1ccccc1)OC2=O. The molecule has 172 valence electrons. The first-order valence-corrected chi connectivity index (χ1v) is 10.4. The van der Waals surface area contributed by atoms with Crippen molar-refractivity contribution in [3.8, 4) is 0 Å². The van der Waals surface area contributed by atoms with Gasteiger partial charge in [0, 0.05) is 24.2 Å². The van der Waals surface area contributed by atoms with Crippen molar-refractivity contribution < 1.29 is 28.8 Å². The summed E-state index contributed by atoms with van der Waals surface area (Å²) in [6, 6.07) is 17.9. The van der Waals surface area contributed by atoms with Crippen LogP contribution in [0.1, 0.15) is 43.5 Å². The molecule has 0 radical (unpaired) electrons. The number of anilines is 1. The van der Waals surface area contributed by atoms with Crippen LogP contribution >= 0.6 is 0 Å². The summed E-state index contributed by atoms with van der Waals surface area (Å²) in [7, 11) is 0. The van der Waals surface area contributed by atoms with Gasteiger partial charge in [-0.1, -0.05) is 30.3 Å². The molecule has 1 aliphatic rings. The molecule has 9 heteroatoms. The Morgan fingerprint density at radius 3 is 2.59 bits per heavy atom. The number of benzene rings is 3. The molecule has 0 saturated carbocycles. The molecule has 4 rings (SSSR count). The number of carbonyl (C=O) groups is 3. The molecule has 0 aromatic heterocycles. The van der Waals surface area contributed by atoms with Gasteiger partial charge >= 0.3 is 11.9 Å². The summed E-state index contributed by atoms with van der Waals surface area (Å²) in [6.45, 7) is 1.08. The second-order valence-corrected chi connectivity index (χ2v) is 7.76. The highest BCUT2D eigenvalue weighted by Gasteiger charge is 2.28. The zero-order valence-corrected chi connectivity index (χ0v) is 18.1. The van der Waals surface area contributed by atoms with Crippen LogP contribution in [0.5, 0.6) is 0 Å². The number of non-ortho nitro benzene ring substituents is 1. The molecule has 3 aromatic rings. The molecule has 0 fully saturated rings. The highest BCUT2D eigenvalue weighted by Crippen LogP contribution is 2.31. The van der Waals surface area contributed by atoms with E-state index in [4.69, 9.17) is 9.47 Å². The number of cyclic esters (lactones) is 1. The molecule has 0 spiro atoms. The summed E-state index contributed by atoms with van der Waals surface area (Å²) in [5.41, 5.74) is 2.90. The minimum absolute atomic E-state index is 0.0901. The molecule has 0 bridgehead atoms. The average Bonchev–Trinajstić information content (AvgIpc) is 2.83. The summed E-state index contributed by atoms with van der Waals surface area (Å²) < 4.78 is 10.6. The normalized spacial score (nSPS) is 14.5. The van der Waals surface area contributed by atoms with E-state index in [0.29, 0.717) is 28.8 Å². The third kappa shape index (κ3) is 4.93. The summed E-state index contributed by atoms with van der Waals surface area (Å²) in [4.78, 5) is 47.4. The van der Waals surface area contributed by atoms with E-state index in [1.54, 1.807) is 13.0 Å². The smallest absolute Gasteiger partial charge is 0.339 e. The zero-order valence-electron chi connectivity index (χ0n) is 18.1. The van der Waals surface area contributed by atoms with Crippen molar-refractivity contribution in [3.63, 3.8) is 0 Å². The third-order valence-corrected chi connectivity index (χ3v) is 5.42. The van der Waals surface area contributed by atoms with Crippen LogP contribution in [0.15, 0.2) is 66.7 Å². The number of nitrogens with one attached hydrogen (secondary N) is 1. The van der Waals surface area contributed by atoms with Crippen LogP contribution in [0.2, 0.25) is 0 Å². The van der Waals surface area contributed by atoms with Gasteiger partial charge in [-0.3, -0.25) is 14.9 Å². The summed E-state index contributed by atoms with van der Waals surface area (Å²) in [6.07, 6.45) is -0.0465. The molecule has 0 aliphatic carbocycles. The van der Waals surface area contributed by atoms with E-state index in [1.165, 1.54) is 30.3 Å². The number of amides is 1. The fourth-order valence-corrected chi connectivity index (χ4v) is 3.68. The first-order chi connectivity index (χ1) is 16.3. The zero-order chi connectivity index (χ0) is 24.2. The van der Waals surface area contributed by atoms with Crippen LogP contribution in [-0.4, -0.2) is 29.4 Å². The van der Waals surface area contributed by atoms with Gasteiger partial charge in [-0.25, -0.2) is 9.59 Å². The Hall–Kier alpha value is -4.53. The predicted octanol–water partition coefficient (Wildman–Crippen LogP) is 4.15. The average molecular weight is 460 g/mol. The number of nitrogens with zero attached hydrogens (tertiary/aromatic N) is 1. The van der Waals surface area contributed by atoms with E-state index in [1.807, 2.05) is 30.3 Å². The van der Waals surface area contributed by atoms with Crippen LogP contribution in [0.3, 0.4) is 0 Å². The van der Waals surface area contributed by atoms with Gasteiger partial charge in [0.1, 0.15) is 6.10 Å². The van der Waals surface area contributed by atoms with E-state index in [2.05, 4.69) is 5.32 Å². The number of fused-ring (bicyclic) bond motifs is 1. The number of aryl methyl sites for hydroxylation is 1. The lowest BCUT2D eigenvalue weighted by Crippen LogP contribution is -2.23. The molecular formula is C25H20N2O7. The number of rotatable bonds is 6. The lowest BCUT2D eigenvalue weighted by Gasteiger charge is -2.25. The Labute approximate surface area is 194 Å². The second-order valence-electron chi connectivity index (χ2n) is 7.76. The minimum atomic E-state index is -0.714. The van der Waals surface area contributed by atoms with Gasteiger partial charge in [0.05, 0.1) is 16.1 Å². The number of hydrogen-bond donors (Lipinski definition) is 1. The van der Waals surface area contributed by atoms with E-state index in [0.717, 1.165) is 5.56 Å². The Kier molecular flexibility index (Phi) is 6.35. The van der Waals surface area contributed by atoms with Crippen molar-refractivity contribution >= 4 is 29.2 Å².